The molecule has 0 aliphatic carbocycles. The molecular weight excluding hydrogens is 874 g/mol. The Labute approximate surface area is 408 Å². The third-order valence-electron chi connectivity index (χ3n) is 12.2. The fourth-order valence-electron chi connectivity index (χ4n) is 8.06. The third kappa shape index (κ3) is 12.4. The van der Waals surface area contributed by atoms with Crippen LogP contribution in [0.15, 0.2) is 60.7 Å². The fraction of sp³-hybridized carbons (Fsp3) is 0.442. The van der Waals surface area contributed by atoms with Crippen molar-refractivity contribution in [2.45, 2.75) is 133 Å². The second-order valence-electron chi connectivity index (χ2n) is 20.8. The van der Waals surface area contributed by atoms with E-state index in [2.05, 4.69) is 16.1 Å². The molecule has 0 radical (unpaired) electrons. The number of rotatable bonds is 7. The predicted molar refractivity (Wildman–Crippen MR) is 269 cm³/mol. The maximum absolute atomic E-state index is 13.6. The molecule has 17 heteroatoms. The van der Waals surface area contributed by atoms with E-state index in [1.165, 1.54) is 10.0 Å². The number of hydrazine groups is 2. The van der Waals surface area contributed by atoms with Gasteiger partial charge in [0.25, 0.3) is 23.6 Å². The first-order chi connectivity index (χ1) is 32.0. The van der Waals surface area contributed by atoms with Crippen LogP contribution in [0.3, 0.4) is 0 Å². The van der Waals surface area contributed by atoms with E-state index in [1.54, 1.807) is 50.2 Å². The Morgan fingerprint density at radius 2 is 1.13 bits per heavy atom. The zero-order chi connectivity index (χ0) is 51.6. The SMILES string of the molecule is Cc1cc(C)cc(C(=O)N(NC(=O)c2ccc(B3OC(C)(C)C(C)(C)O3)c(OCC#N)c2C)C(C)(C)C)c1.Cc1cc(C)cc(C(=O)N(NC(=O)c2ccc3c(c2C)OCCNB3O)C(C)(C)C)c1. The summed E-state index contributed by atoms with van der Waals surface area (Å²) in [6.07, 6.45) is 0. The molecule has 2 aliphatic rings. The molecule has 6 rings (SSSR count). The number of amides is 4. The van der Waals surface area contributed by atoms with E-state index in [9.17, 15) is 29.5 Å². The average molecular weight is 943 g/mol. The number of aryl methyl sites for hydroxylation is 4. The van der Waals surface area contributed by atoms with Crippen molar-refractivity contribution in [2.75, 3.05) is 19.8 Å². The number of hydrogen-bond acceptors (Lipinski definition) is 11. The highest BCUT2D eigenvalue weighted by Crippen LogP contribution is 2.38. The van der Waals surface area contributed by atoms with Crippen molar-refractivity contribution < 1.29 is 43.0 Å². The van der Waals surface area contributed by atoms with Gasteiger partial charge in [0.1, 0.15) is 17.6 Å². The van der Waals surface area contributed by atoms with Gasteiger partial charge in [-0.2, -0.15) is 5.26 Å². The Bertz CT molecular complexity index is 2610. The van der Waals surface area contributed by atoms with E-state index in [0.717, 1.165) is 22.3 Å². The molecule has 1 saturated heterocycles. The molecule has 2 heterocycles. The van der Waals surface area contributed by atoms with Crippen LogP contribution >= 0.6 is 0 Å². The Morgan fingerprint density at radius 1 is 0.710 bits per heavy atom. The first kappa shape index (κ1) is 53.8. The van der Waals surface area contributed by atoms with E-state index >= 15 is 0 Å². The molecule has 0 saturated carbocycles. The van der Waals surface area contributed by atoms with Gasteiger partial charge in [-0.25, -0.2) is 10.0 Å². The molecule has 0 aromatic heterocycles. The fourth-order valence-corrected chi connectivity index (χ4v) is 8.06. The number of fused-ring (bicyclic) bond motifs is 1. The van der Waals surface area contributed by atoms with Crippen molar-refractivity contribution in [3.63, 3.8) is 0 Å². The van der Waals surface area contributed by atoms with Crippen LogP contribution in [0.2, 0.25) is 0 Å². The van der Waals surface area contributed by atoms with Crippen molar-refractivity contribution in [3.8, 4) is 17.6 Å². The van der Waals surface area contributed by atoms with Gasteiger partial charge in [-0.05, 0) is 147 Å². The van der Waals surface area contributed by atoms with Gasteiger partial charge < -0.3 is 29.0 Å². The number of benzene rings is 4. The van der Waals surface area contributed by atoms with Crippen LogP contribution in [-0.4, -0.2) is 94.9 Å². The van der Waals surface area contributed by atoms with Crippen LogP contribution in [0.1, 0.15) is 144 Å². The molecule has 15 nitrogen and oxygen atoms in total. The monoisotopic (exact) mass is 943 g/mol. The van der Waals surface area contributed by atoms with Crippen LogP contribution in [0.4, 0.5) is 0 Å². The molecule has 4 N–H and O–H groups in total. The summed E-state index contributed by atoms with van der Waals surface area (Å²) >= 11 is 0. The minimum atomic E-state index is -0.856. The molecule has 69 heavy (non-hydrogen) atoms. The molecule has 366 valence electrons. The van der Waals surface area contributed by atoms with Gasteiger partial charge in [-0.15, -0.1) is 0 Å². The molecule has 0 spiro atoms. The van der Waals surface area contributed by atoms with Gasteiger partial charge in [-0.3, -0.25) is 30.0 Å². The minimum Gasteiger partial charge on any atom is -0.492 e. The predicted octanol–water partition coefficient (Wildman–Crippen LogP) is 6.27. The molecule has 4 aromatic rings. The summed E-state index contributed by atoms with van der Waals surface area (Å²) in [6, 6.07) is 19.9. The Hall–Kier alpha value is -6.18. The summed E-state index contributed by atoms with van der Waals surface area (Å²) in [5, 5.41) is 25.1. The lowest BCUT2D eigenvalue weighted by atomic mass is 9.72. The van der Waals surface area contributed by atoms with E-state index < -0.39 is 48.3 Å². The number of carbonyl (C=O) groups excluding carboxylic acids is 4. The number of ether oxygens (including phenoxy) is 2. The van der Waals surface area contributed by atoms with Crippen molar-refractivity contribution >= 4 is 48.7 Å². The van der Waals surface area contributed by atoms with Crippen molar-refractivity contribution in [1.29, 1.82) is 5.26 Å². The Kier molecular flexibility index (Phi) is 16.2. The summed E-state index contributed by atoms with van der Waals surface area (Å²) in [5.41, 5.74) is 11.0. The van der Waals surface area contributed by atoms with Gasteiger partial charge in [0.2, 0.25) is 0 Å². The number of carbonyl (C=O) groups is 4. The van der Waals surface area contributed by atoms with Crippen LogP contribution in [0.25, 0.3) is 0 Å². The zero-order valence-corrected chi connectivity index (χ0v) is 43.1. The topological polar surface area (TPSA) is 192 Å². The maximum Gasteiger partial charge on any atom is 0.498 e. The molecule has 2 aliphatic heterocycles. The number of nitrogens with one attached hydrogen (secondary N) is 3. The van der Waals surface area contributed by atoms with Crippen LogP contribution in [0.5, 0.6) is 11.5 Å². The van der Waals surface area contributed by atoms with Gasteiger partial charge in [0.15, 0.2) is 6.61 Å². The molecule has 4 amide bonds. The van der Waals surface area contributed by atoms with E-state index in [1.807, 2.05) is 127 Å². The third-order valence-corrected chi connectivity index (χ3v) is 12.2. The number of nitriles is 1. The summed E-state index contributed by atoms with van der Waals surface area (Å²) in [6.45, 7) is 30.9. The summed E-state index contributed by atoms with van der Waals surface area (Å²) in [7, 11) is -1.59. The van der Waals surface area contributed by atoms with Crippen LogP contribution in [-0.2, 0) is 9.31 Å². The highest BCUT2D eigenvalue weighted by atomic mass is 16.7. The lowest BCUT2D eigenvalue weighted by molar-refractivity contribution is 0.00578. The molecule has 4 aromatic carbocycles. The van der Waals surface area contributed by atoms with E-state index in [4.69, 9.17) is 18.8 Å². The summed E-state index contributed by atoms with van der Waals surface area (Å²) in [4.78, 5) is 53.6. The minimum absolute atomic E-state index is 0.211. The van der Waals surface area contributed by atoms with Crippen LogP contribution < -0.4 is 36.5 Å². The average Bonchev–Trinajstić information content (AvgIpc) is 3.32. The Balaban J connectivity index is 0.000000263. The molecule has 0 atom stereocenters. The van der Waals surface area contributed by atoms with E-state index in [-0.39, 0.29) is 18.4 Å². The second kappa shape index (κ2) is 20.8. The van der Waals surface area contributed by atoms with Crippen molar-refractivity contribution in [1.82, 2.24) is 26.1 Å². The first-order valence-corrected chi connectivity index (χ1v) is 23.1. The summed E-state index contributed by atoms with van der Waals surface area (Å²) in [5.74, 6) is -0.643. The van der Waals surface area contributed by atoms with Gasteiger partial charge in [-0.1, -0.05) is 46.5 Å². The molecular formula is C52H68B2N6O9. The lowest BCUT2D eigenvalue weighted by Crippen LogP contribution is -2.56. The van der Waals surface area contributed by atoms with Gasteiger partial charge in [0.05, 0.1) is 28.9 Å². The lowest BCUT2D eigenvalue weighted by Gasteiger charge is -2.36. The van der Waals surface area contributed by atoms with Crippen LogP contribution in [0, 0.1) is 52.9 Å². The van der Waals surface area contributed by atoms with Crippen molar-refractivity contribution in [2.24, 2.45) is 0 Å². The van der Waals surface area contributed by atoms with E-state index in [0.29, 0.717) is 69.0 Å². The smallest absolute Gasteiger partial charge is 0.492 e. The van der Waals surface area contributed by atoms with Gasteiger partial charge in [0, 0.05) is 50.9 Å². The second-order valence-corrected chi connectivity index (χ2v) is 20.8. The van der Waals surface area contributed by atoms with Crippen molar-refractivity contribution in [3.05, 3.63) is 116 Å². The Morgan fingerprint density at radius 3 is 1.55 bits per heavy atom. The highest BCUT2D eigenvalue weighted by molar-refractivity contribution is 6.65. The van der Waals surface area contributed by atoms with Gasteiger partial charge >= 0.3 is 14.2 Å². The maximum atomic E-state index is 13.6. The zero-order valence-electron chi connectivity index (χ0n) is 43.1. The summed E-state index contributed by atoms with van der Waals surface area (Å²) < 4.78 is 24.0. The molecule has 1 fully saturated rings. The highest BCUT2D eigenvalue weighted by Gasteiger charge is 2.53. The molecule has 0 unspecified atom stereocenters. The number of hydrogen-bond donors (Lipinski definition) is 4. The standard InChI is InChI=1S/C29H38BN3O5.C23H30BN3O4/c1-18-15-19(2)17-21(16-18)26(35)33(27(4,5)6)32-25(34)22-11-12-23(24(20(22)3)36-14-13-31)30-37-28(7,8)29(9,10)38-30;1-14-11-15(2)13-17(12-14)22(29)27(23(4,5)6)26-21(28)18-7-8-19-20(16(18)3)31-10-9-25-24(19)30/h11-12,15-17H,14H2,1-10H3,(H,32,34);7-8,11-13,25,30H,9-10H2,1-6H3,(H,26,28). The largest absolute Gasteiger partial charge is 0.498 e. The normalized spacial score (nSPS) is 15.0. The quantitative estimate of drug-likeness (QED) is 0.121. The molecule has 0 bridgehead atoms. The first-order valence-electron chi connectivity index (χ1n) is 23.1. The number of nitrogens with zero attached hydrogens (tertiary/aromatic N) is 3.